The molecule has 2 aromatic carbocycles. The van der Waals surface area contributed by atoms with E-state index in [0.29, 0.717) is 22.9 Å². The zero-order valence-corrected chi connectivity index (χ0v) is 16.4. The van der Waals surface area contributed by atoms with Gasteiger partial charge in [0, 0.05) is 42.3 Å². The van der Waals surface area contributed by atoms with Crippen LogP contribution in [0.25, 0.3) is 0 Å². The van der Waals surface area contributed by atoms with E-state index in [2.05, 4.69) is 22.3 Å². The van der Waals surface area contributed by atoms with Gasteiger partial charge in [-0.1, -0.05) is 23.7 Å². The Balaban J connectivity index is 1.71. The molecule has 1 saturated heterocycles. The fraction of sp³-hybridized carbons (Fsp3) is 0.429. The molecule has 1 aliphatic heterocycles. The third kappa shape index (κ3) is 5.66. The molecule has 0 aromatic heterocycles. The second-order valence-electron chi connectivity index (χ2n) is 6.67. The van der Waals surface area contributed by atoms with Crippen molar-refractivity contribution in [1.82, 2.24) is 10.2 Å². The van der Waals surface area contributed by atoms with Crippen LogP contribution in [-0.4, -0.2) is 44.8 Å². The molecule has 6 heteroatoms. The highest BCUT2D eigenvalue weighted by Gasteiger charge is 2.12. The third-order valence-corrected chi connectivity index (χ3v) is 5.07. The van der Waals surface area contributed by atoms with Gasteiger partial charge >= 0.3 is 0 Å². The number of halogens is 2. The van der Waals surface area contributed by atoms with Gasteiger partial charge in [-0.25, -0.2) is 4.39 Å². The first-order valence-electron chi connectivity index (χ1n) is 9.28. The van der Waals surface area contributed by atoms with Crippen molar-refractivity contribution in [2.75, 3.05) is 39.9 Å². The van der Waals surface area contributed by atoms with Crippen molar-refractivity contribution < 1.29 is 13.9 Å². The van der Waals surface area contributed by atoms with Crippen molar-refractivity contribution in [2.24, 2.45) is 0 Å². The molecule has 4 nitrogen and oxygen atoms in total. The molecule has 1 fully saturated rings. The van der Waals surface area contributed by atoms with E-state index in [1.165, 1.54) is 5.56 Å². The van der Waals surface area contributed by atoms with Crippen molar-refractivity contribution in [3.05, 3.63) is 58.1 Å². The van der Waals surface area contributed by atoms with Gasteiger partial charge in [0.15, 0.2) is 0 Å². The maximum atomic E-state index is 13.0. The Hall–Kier alpha value is -1.66. The number of nitrogens with zero attached hydrogens (tertiary/aromatic N) is 1. The molecule has 0 saturated carbocycles. The zero-order valence-electron chi connectivity index (χ0n) is 15.6. The molecule has 1 heterocycles. The van der Waals surface area contributed by atoms with Crippen molar-refractivity contribution >= 4 is 11.6 Å². The zero-order chi connectivity index (χ0) is 19.1. The minimum Gasteiger partial charge on any atom is -0.457 e. The van der Waals surface area contributed by atoms with Crippen LogP contribution in [0.3, 0.4) is 0 Å². The first-order chi connectivity index (χ1) is 13.2. The van der Waals surface area contributed by atoms with Crippen LogP contribution < -0.4 is 10.1 Å². The van der Waals surface area contributed by atoms with E-state index in [1.54, 1.807) is 18.2 Å². The van der Waals surface area contributed by atoms with Gasteiger partial charge in [0.2, 0.25) is 0 Å². The number of ether oxygens (including phenoxy) is 2. The van der Waals surface area contributed by atoms with Gasteiger partial charge in [-0.3, -0.25) is 4.90 Å². The summed E-state index contributed by atoms with van der Waals surface area (Å²) in [4.78, 5) is 2.43. The quantitative estimate of drug-likeness (QED) is 0.730. The van der Waals surface area contributed by atoms with Crippen LogP contribution in [0.1, 0.15) is 16.7 Å². The van der Waals surface area contributed by atoms with Crippen LogP contribution in [-0.2, 0) is 24.4 Å². The molecule has 1 aliphatic rings. The van der Waals surface area contributed by atoms with E-state index in [-0.39, 0.29) is 0 Å². The van der Waals surface area contributed by atoms with E-state index in [9.17, 15) is 4.39 Å². The molecular weight excluding hydrogens is 367 g/mol. The standard InChI is InChI=1S/C21H26ClFN2O2/c1-24-15-18-12-16(6-7-25-8-10-26-11-9-25)2-5-21(18)27-19-3-4-20(22)17(13-19)14-23/h2-5,12-13,24H,6-11,14-15H2,1H3. The lowest BCUT2D eigenvalue weighted by atomic mass is 10.1. The van der Waals surface area contributed by atoms with Gasteiger partial charge in [-0.15, -0.1) is 0 Å². The second kappa shape index (κ2) is 10.0. The van der Waals surface area contributed by atoms with Crippen LogP contribution >= 0.6 is 11.6 Å². The largest absolute Gasteiger partial charge is 0.457 e. The molecule has 1 N–H and O–H groups in total. The first kappa shape index (κ1) is 20.1. The van der Waals surface area contributed by atoms with Crippen LogP contribution in [0.4, 0.5) is 4.39 Å². The topological polar surface area (TPSA) is 33.7 Å². The van der Waals surface area contributed by atoms with E-state index in [1.807, 2.05) is 13.1 Å². The van der Waals surface area contributed by atoms with Crippen molar-refractivity contribution in [2.45, 2.75) is 19.6 Å². The fourth-order valence-electron chi connectivity index (χ4n) is 3.17. The highest BCUT2D eigenvalue weighted by atomic mass is 35.5. The average Bonchev–Trinajstić information content (AvgIpc) is 2.70. The van der Waals surface area contributed by atoms with E-state index in [4.69, 9.17) is 21.1 Å². The molecule has 0 spiro atoms. The summed E-state index contributed by atoms with van der Waals surface area (Å²) in [6, 6.07) is 11.3. The Kier molecular flexibility index (Phi) is 7.47. The third-order valence-electron chi connectivity index (χ3n) is 4.70. The maximum absolute atomic E-state index is 13.0. The molecule has 2 aromatic rings. The van der Waals surface area contributed by atoms with Crippen molar-refractivity contribution in [3.8, 4) is 11.5 Å². The SMILES string of the molecule is CNCc1cc(CCN2CCOCC2)ccc1Oc1ccc(Cl)c(CF)c1. The molecule has 3 rings (SSSR count). The summed E-state index contributed by atoms with van der Waals surface area (Å²) < 4.78 is 24.5. The van der Waals surface area contributed by atoms with Gasteiger partial charge in [0.05, 0.1) is 13.2 Å². The Morgan fingerprint density at radius 1 is 1.15 bits per heavy atom. The fourth-order valence-corrected chi connectivity index (χ4v) is 3.34. The van der Waals surface area contributed by atoms with Gasteiger partial charge in [0.25, 0.3) is 0 Å². The monoisotopic (exact) mass is 392 g/mol. The van der Waals surface area contributed by atoms with Gasteiger partial charge in [-0.05, 0) is 43.3 Å². The lowest BCUT2D eigenvalue weighted by Gasteiger charge is -2.26. The molecule has 0 atom stereocenters. The van der Waals surface area contributed by atoms with Gasteiger partial charge in [-0.2, -0.15) is 0 Å². The summed E-state index contributed by atoms with van der Waals surface area (Å²) in [5.74, 6) is 1.36. The Morgan fingerprint density at radius 3 is 2.70 bits per heavy atom. The summed E-state index contributed by atoms with van der Waals surface area (Å²) >= 11 is 5.98. The van der Waals surface area contributed by atoms with Gasteiger partial charge < -0.3 is 14.8 Å². The average molecular weight is 393 g/mol. The minimum atomic E-state index is -0.611. The number of hydrogen-bond acceptors (Lipinski definition) is 4. The highest BCUT2D eigenvalue weighted by Crippen LogP contribution is 2.30. The Morgan fingerprint density at radius 2 is 1.96 bits per heavy atom. The molecule has 27 heavy (non-hydrogen) atoms. The maximum Gasteiger partial charge on any atom is 0.131 e. The number of alkyl halides is 1. The van der Waals surface area contributed by atoms with E-state index < -0.39 is 6.67 Å². The molecule has 0 radical (unpaired) electrons. The Bertz CT molecular complexity index is 751. The molecular formula is C21H26ClFN2O2. The van der Waals surface area contributed by atoms with E-state index >= 15 is 0 Å². The summed E-state index contributed by atoms with van der Waals surface area (Å²) in [6.45, 7) is 4.75. The summed E-state index contributed by atoms with van der Waals surface area (Å²) in [6.07, 6.45) is 0.990. The second-order valence-corrected chi connectivity index (χ2v) is 7.07. The number of hydrogen-bond donors (Lipinski definition) is 1. The predicted molar refractivity (Wildman–Crippen MR) is 107 cm³/mol. The number of benzene rings is 2. The number of nitrogens with one attached hydrogen (secondary N) is 1. The van der Waals surface area contributed by atoms with Crippen LogP contribution in [0.15, 0.2) is 36.4 Å². The summed E-state index contributed by atoms with van der Waals surface area (Å²) in [5, 5.41) is 3.60. The number of morpholine rings is 1. The van der Waals surface area contributed by atoms with Gasteiger partial charge in [0.1, 0.15) is 18.2 Å². The highest BCUT2D eigenvalue weighted by molar-refractivity contribution is 6.31. The summed E-state index contributed by atoms with van der Waals surface area (Å²) in [5.41, 5.74) is 2.79. The van der Waals surface area contributed by atoms with Crippen LogP contribution in [0.5, 0.6) is 11.5 Å². The summed E-state index contributed by atoms with van der Waals surface area (Å²) in [7, 11) is 1.91. The Labute approximate surface area is 165 Å². The lowest BCUT2D eigenvalue weighted by molar-refractivity contribution is 0.0384. The van der Waals surface area contributed by atoms with Crippen molar-refractivity contribution in [1.29, 1.82) is 0 Å². The number of rotatable bonds is 8. The first-order valence-corrected chi connectivity index (χ1v) is 9.66. The normalized spacial score (nSPS) is 15.1. The van der Waals surface area contributed by atoms with Crippen molar-refractivity contribution in [3.63, 3.8) is 0 Å². The smallest absolute Gasteiger partial charge is 0.131 e. The lowest BCUT2D eigenvalue weighted by Crippen LogP contribution is -2.37. The minimum absolute atomic E-state index is 0.416. The molecule has 0 amide bonds. The molecule has 0 aliphatic carbocycles. The molecule has 0 unspecified atom stereocenters. The van der Waals surface area contributed by atoms with E-state index in [0.717, 1.165) is 50.6 Å². The predicted octanol–water partition coefficient (Wildman–Crippen LogP) is 4.20. The van der Waals surface area contributed by atoms with Crippen LogP contribution in [0.2, 0.25) is 5.02 Å². The molecule has 0 bridgehead atoms. The van der Waals surface area contributed by atoms with Crippen LogP contribution in [0, 0.1) is 0 Å². The molecule has 146 valence electrons.